The third-order valence-corrected chi connectivity index (χ3v) is 8.48. The lowest BCUT2D eigenvalue weighted by molar-refractivity contribution is 0.160. The molecule has 2 atom stereocenters. The van der Waals surface area contributed by atoms with E-state index in [0.29, 0.717) is 5.41 Å². The molecule has 0 bridgehead atoms. The predicted molar refractivity (Wildman–Crippen MR) is 122 cm³/mol. The highest BCUT2D eigenvalue weighted by atomic mass is 32.2. The first-order valence-corrected chi connectivity index (χ1v) is 12.4. The molecule has 0 saturated carbocycles. The van der Waals surface area contributed by atoms with Crippen molar-refractivity contribution in [2.24, 2.45) is 11.3 Å². The Morgan fingerprint density at radius 1 is 0.966 bits per heavy atom. The summed E-state index contributed by atoms with van der Waals surface area (Å²) in [4.78, 5) is 10.2. The van der Waals surface area contributed by atoms with Crippen LogP contribution in [0.3, 0.4) is 0 Å². The van der Waals surface area contributed by atoms with Crippen molar-refractivity contribution in [1.29, 1.82) is 0 Å². The van der Waals surface area contributed by atoms with Crippen molar-refractivity contribution in [3.8, 4) is 0 Å². The molecule has 1 aromatic carbocycles. The van der Waals surface area contributed by atoms with Crippen LogP contribution in [0.2, 0.25) is 0 Å². The zero-order chi connectivity index (χ0) is 19.5. The van der Waals surface area contributed by atoms with E-state index in [1.165, 1.54) is 74.6 Å². The second kappa shape index (κ2) is 8.79. The summed E-state index contributed by atoms with van der Waals surface area (Å²) < 4.78 is 0. The summed E-state index contributed by atoms with van der Waals surface area (Å²) in [6, 6.07) is 18.3. The molecule has 3 fully saturated rings. The first-order valence-electron chi connectivity index (χ1n) is 11.3. The number of hydrogen-bond donors (Lipinski definition) is 0. The summed E-state index contributed by atoms with van der Waals surface area (Å²) >= 11 is 2.15. The smallest absolute Gasteiger partial charge is 0.0543 e. The molecule has 3 aliphatic rings. The number of likely N-dealkylation sites (tertiary alicyclic amines) is 2. The maximum atomic E-state index is 4.59. The Bertz CT molecular complexity index is 777. The molecule has 0 radical (unpaired) electrons. The molecule has 2 aromatic rings. The fraction of sp³-hybridized carbons (Fsp3) is 0.560. The van der Waals surface area contributed by atoms with Crippen molar-refractivity contribution in [1.82, 2.24) is 14.8 Å². The van der Waals surface area contributed by atoms with Gasteiger partial charge in [-0.05, 0) is 60.8 Å². The molecule has 4 heteroatoms. The maximum Gasteiger partial charge on any atom is 0.0543 e. The average Bonchev–Trinajstić information content (AvgIpc) is 3.28. The van der Waals surface area contributed by atoms with Crippen molar-refractivity contribution in [3.05, 3.63) is 66.0 Å². The molecule has 3 aliphatic heterocycles. The Morgan fingerprint density at radius 2 is 1.79 bits per heavy atom. The zero-order valence-electron chi connectivity index (χ0n) is 17.4. The van der Waals surface area contributed by atoms with Gasteiger partial charge in [-0.1, -0.05) is 36.4 Å². The quantitative estimate of drug-likeness (QED) is 0.709. The van der Waals surface area contributed by atoms with Crippen LogP contribution >= 0.6 is 11.8 Å². The minimum Gasteiger partial charge on any atom is -0.299 e. The third-order valence-electron chi connectivity index (χ3n) is 7.43. The molecule has 4 heterocycles. The van der Waals surface area contributed by atoms with Crippen LogP contribution in [0.15, 0.2) is 54.7 Å². The van der Waals surface area contributed by atoms with Crippen molar-refractivity contribution < 1.29 is 0 Å². The summed E-state index contributed by atoms with van der Waals surface area (Å²) in [5, 5.41) is 0. The Labute approximate surface area is 179 Å². The van der Waals surface area contributed by atoms with Gasteiger partial charge >= 0.3 is 0 Å². The van der Waals surface area contributed by atoms with E-state index < -0.39 is 0 Å². The first-order chi connectivity index (χ1) is 14.3. The molecule has 154 valence electrons. The Hall–Kier alpha value is -1.36. The van der Waals surface area contributed by atoms with Crippen molar-refractivity contribution in [3.63, 3.8) is 0 Å². The standard InChI is InChI=1S/C25H33N3S/c1-2-6-21(7-3-1)9-12-25-19-27(18-23-8-4-5-13-26-23)16-22(25)17-28(20-25)24-10-14-29-15-11-24/h1-8,13,22,24H,9-12,14-20H2. The summed E-state index contributed by atoms with van der Waals surface area (Å²) in [6.07, 6.45) is 7.25. The van der Waals surface area contributed by atoms with E-state index in [1.54, 1.807) is 0 Å². The number of rotatable bonds is 6. The minimum atomic E-state index is 0.454. The number of pyridine rings is 1. The van der Waals surface area contributed by atoms with E-state index in [2.05, 4.69) is 69.0 Å². The van der Waals surface area contributed by atoms with Crippen LogP contribution in [-0.2, 0) is 13.0 Å². The van der Waals surface area contributed by atoms with Crippen molar-refractivity contribution >= 4 is 11.8 Å². The molecule has 3 saturated heterocycles. The molecule has 0 amide bonds. The number of fused-ring (bicyclic) bond motifs is 1. The van der Waals surface area contributed by atoms with E-state index in [9.17, 15) is 0 Å². The van der Waals surface area contributed by atoms with Gasteiger partial charge < -0.3 is 0 Å². The second-order valence-electron chi connectivity index (χ2n) is 9.31. The van der Waals surface area contributed by atoms with Crippen LogP contribution in [0.5, 0.6) is 0 Å². The number of benzene rings is 1. The van der Waals surface area contributed by atoms with Gasteiger partial charge in [0.2, 0.25) is 0 Å². The molecule has 29 heavy (non-hydrogen) atoms. The van der Waals surface area contributed by atoms with Crippen LogP contribution in [0, 0.1) is 11.3 Å². The fourth-order valence-corrected chi connectivity index (χ4v) is 6.98. The summed E-state index contributed by atoms with van der Waals surface area (Å²) in [5.41, 5.74) is 3.16. The van der Waals surface area contributed by atoms with Gasteiger partial charge in [-0.25, -0.2) is 0 Å². The number of nitrogens with zero attached hydrogens (tertiary/aromatic N) is 3. The van der Waals surface area contributed by atoms with E-state index in [4.69, 9.17) is 0 Å². The monoisotopic (exact) mass is 407 g/mol. The summed E-state index contributed by atoms with van der Waals surface area (Å²) in [7, 11) is 0. The van der Waals surface area contributed by atoms with Crippen LogP contribution in [0.1, 0.15) is 30.5 Å². The van der Waals surface area contributed by atoms with E-state index in [-0.39, 0.29) is 0 Å². The van der Waals surface area contributed by atoms with Gasteiger partial charge in [0.15, 0.2) is 0 Å². The molecule has 1 aromatic heterocycles. The van der Waals surface area contributed by atoms with E-state index in [1.807, 2.05) is 12.3 Å². The second-order valence-corrected chi connectivity index (χ2v) is 10.5. The van der Waals surface area contributed by atoms with E-state index in [0.717, 1.165) is 18.5 Å². The highest BCUT2D eigenvalue weighted by molar-refractivity contribution is 7.99. The highest BCUT2D eigenvalue weighted by Gasteiger charge is 2.52. The van der Waals surface area contributed by atoms with E-state index >= 15 is 0 Å². The Kier molecular flexibility index (Phi) is 5.94. The molecule has 2 unspecified atom stereocenters. The minimum absolute atomic E-state index is 0.454. The van der Waals surface area contributed by atoms with Crippen molar-refractivity contribution in [2.45, 2.75) is 38.3 Å². The SMILES string of the molecule is c1ccc(CCC23CN(Cc4ccccn4)CC2CN(C2CCSCC2)C3)cc1. The normalized spacial score (nSPS) is 28.6. The molecule has 3 nitrogen and oxygen atoms in total. The largest absolute Gasteiger partial charge is 0.299 e. The van der Waals surface area contributed by atoms with Crippen LogP contribution in [0.4, 0.5) is 0 Å². The highest BCUT2D eigenvalue weighted by Crippen LogP contribution is 2.47. The van der Waals surface area contributed by atoms with Crippen LogP contribution in [0.25, 0.3) is 0 Å². The van der Waals surface area contributed by atoms with Gasteiger partial charge in [-0.2, -0.15) is 11.8 Å². The predicted octanol–water partition coefficient (Wildman–Crippen LogP) is 4.34. The lowest BCUT2D eigenvalue weighted by Gasteiger charge is -2.34. The fourth-order valence-electron chi connectivity index (χ4n) is 5.90. The van der Waals surface area contributed by atoms with Gasteiger partial charge in [0, 0.05) is 50.4 Å². The number of thioether (sulfide) groups is 1. The lowest BCUT2D eigenvalue weighted by Crippen LogP contribution is -2.40. The zero-order valence-corrected chi connectivity index (χ0v) is 18.2. The first kappa shape index (κ1) is 19.6. The average molecular weight is 408 g/mol. The lowest BCUT2D eigenvalue weighted by atomic mass is 9.76. The topological polar surface area (TPSA) is 19.4 Å². The molecule has 0 spiro atoms. The molecule has 0 aliphatic carbocycles. The van der Waals surface area contributed by atoms with Gasteiger partial charge in [0.1, 0.15) is 0 Å². The molecular formula is C25H33N3S. The maximum absolute atomic E-state index is 4.59. The number of aryl methyl sites for hydroxylation is 1. The summed E-state index contributed by atoms with van der Waals surface area (Å²) in [5.74, 6) is 3.52. The Morgan fingerprint density at radius 3 is 2.59 bits per heavy atom. The van der Waals surface area contributed by atoms with Gasteiger partial charge in [-0.3, -0.25) is 14.8 Å². The van der Waals surface area contributed by atoms with Crippen molar-refractivity contribution in [2.75, 3.05) is 37.7 Å². The Balaban J connectivity index is 1.30. The molecule has 5 rings (SSSR count). The van der Waals surface area contributed by atoms with Crippen LogP contribution in [-0.4, -0.2) is 58.5 Å². The van der Waals surface area contributed by atoms with Crippen LogP contribution < -0.4 is 0 Å². The number of aromatic nitrogens is 1. The van der Waals surface area contributed by atoms with Gasteiger partial charge in [-0.15, -0.1) is 0 Å². The third kappa shape index (κ3) is 4.40. The number of hydrogen-bond acceptors (Lipinski definition) is 4. The molecular weight excluding hydrogens is 374 g/mol. The van der Waals surface area contributed by atoms with Gasteiger partial charge in [0.25, 0.3) is 0 Å². The molecule has 0 N–H and O–H groups in total. The summed E-state index contributed by atoms with van der Waals surface area (Å²) in [6.45, 7) is 6.09. The van der Waals surface area contributed by atoms with Gasteiger partial charge in [0.05, 0.1) is 5.69 Å².